The maximum atomic E-state index is 12.7. The Morgan fingerprint density at radius 1 is 1.00 bits per heavy atom. The third-order valence-corrected chi connectivity index (χ3v) is 5.30. The molecule has 7 nitrogen and oxygen atoms in total. The van der Waals surface area contributed by atoms with Crippen LogP contribution in [0.25, 0.3) is 10.2 Å². The zero-order valence-corrected chi connectivity index (χ0v) is 17.5. The Balaban J connectivity index is 1.90. The Hall–Kier alpha value is -2.61. The van der Waals surface area contributed by atoms with Gasteiger partial charge in [-0.05, 0) is 39.3 Å². The fraction of sp³-hybridized carbons (Fsp3) is 0.421. The lowest BCUT2D eigenvalue weighted by Crippen LogP contribution is -2.30. The zero-order valence-electron chi connectivity index (χ0n) is 16.7. The minimum Gasteiger partial charge on any atom is -0.266 e. The molecule has 0 saturated heterocycles. The highest BCUT2D eigenvalue weighted by atomic mass is 32.1. The van der Waals surface area contributed by atoms with Crippen molar-refractivity contribution in [3.05, 3.63) is 39.4 Å². The van der Waals surface area contributed by atoms with Gasteiger partial charge in [0.05, 0.1) is 10.6 Å². The van der Waals surface area contributed by atoms with Crippen LogP contribution >= 0.6 is 11.3 Å². The molecule has 0 spiro atoms. The van der Waals surface area contributed by atoms with Crippen molar-refractivity contribution in [1.82, 2.24) is 25.4 Å². The molecule has 3 heterocycles. The molecule has 8 heteroatoms. The van der Waals surface area contributed by atoms with Gasteiger partial charge in [0.1, 0.15) is 10.7 Å². The zero-order chi connectivity index (χ0) is 19.9. The Morgan fingerprint density at radius 2 is 1.63 bits per heavy atom. The minimum atomic E-state index is -0.241. The molecule has 2 N–H and O–H groups in total. The highest BCUT2D eigenvalue weighted by Gasteiger charge is 2.23. The lowest BCUT2D eigenvalue weighted by atomic mass is 9.95. The summed E-state index contributed by atoms with van der Waals surface area (Å²) in [6.45, 7) is 13.9. The number of carbonyl (C=O) groups excluding carboxylic acids is 1. The van der Waals surface area contributed by atoms with E-state index in [-0.39, 0.29) is 11.3 Å². The van der Waals surface area contributed by atoms with Crippen LogP contribution in [-0.2, 0) is 5.41 Å². The van der Waals surface area contributed by atoms with Gasteiger partial charge >= 0.3 is 0 Å². The van der Waals surface area contributed by atoms with Crippen LogP contribution in [0.4, 0.5) is 5.95 Å². The van der Waals surface area contributed by atoms with Gasteiger partial charge in [0.2, 0.25) is 5.95 Å². The smallest absolute Gasteiger partial charge is 0.266 e. The van der Waals surface area contributed by atoms with E-state index in [9.17, 15) is 4.79 Å². The molecule has 0 fully saturated rings. The average Bonchev–Trinajstić information content (AvgIpc) is 2.88. The molecular formula is C19H24N6OS. The molecule has 0 atom stereocenters. The fourth-order valence-electron chi connectivity index (χ4n) is 2.84. The number of hydrogen-bond acceptors (Lipinski definition) is 7. The number of aryl methyl sites for hydroxylation is 4. The molecule has 3 aromatic rings. The van der Waals surface area contributed by atoms with E-state index < -0.39 is 0 Å². The molecule has 0 aliphatic rings. The second-order valence-electron chi connectivity index (χ2n) is 7.67. The standard InChI is InChI=1S/C19H24N6OS/c1-9-8-10(2)21-18(20-9)25-24-15(26)14-11(3)13-12(4)22-17(19(5,6)7)23-16(13)27-14/h8H,1-7H3,(H,24,26)(H,20,21,25). The first kappa shape index (κ1) is 19.2. The van der Waals surface area contributed by atoms with Gasteiger partial charge in [-0.15, -0.1) is 11.3 Å². The van der Waals surface area contributed by atoms with Crippen LogP contribution in [0, 0.1) is 27.7 Å². The van der Waals surface area contributed by atoms with Crippen LogP contribution in [0.1, 0.15) is 58.9 Å². The molecule has 0 aromatic carbocycles. The van der Waals surface area contributed by atoms with Crippen molar-refractivity contribution < 1.29 is 4.79 Å². The van der Waals surface area contributed by atoms with Gasteiger partial charge in [0.15, 0.2) is 0 Å². The van der Waals surface area contributed by atoms with E-state index in [1.54, 1.807) is 0 Å². The molecule has 0 saturated carbocycles. The molecule has 0 aliphatic heterocycles. The molecular weight excluding hydrogens is 360 g/mol. The normalized spacial score (nSPS) is 11.7. The predicted molar refractivity (Wildman–Crippen MR) is 108 cm³/mol. The first-order chi connectivity index (χ1) is 12.6. The first-order valence-electron chi connectivity index (χ1n) is 8.73. The van der Waals surface area contributed by atoms with Gasteiger partial charge in [-0.2, -0.15) is 0 Å². The summed E-state index contributed by atoms with van der Waals surface area (Å²) in [5.74, 6) is 0.906. The first-order valence-corrected chi connectivity index (χ1v) is 9.55. The van der Waals surface area contributed by atoms with Crippen molar-refractivity contribution >= 4 is 33.4 Å². The second-order valence-corrected chi connectivity index (χ2v) is 8.67. The molecule has 3 aromatic heterocycles. The number of hydrazine groups is 1. The number of nitrogens with one attached hydrogen (secondary N) is 2. The highest BCUT2D eigenvalue weighted by Crippen LogP contribution is 2.33. The summed E-state index contributed by atoms with van der Waals surface area (Å²) in [6.07, 6.45) is 0. The summed E-state index contributed by atoms with van der Waals surface area (Å²) in [5, 5.41) is 0.945. The summed E-state index contributed by atoms with van der Waals surface area (Å²) < 4.78 is 0. The van der Waals surface area contributed by atoms with Crippen LogP contribution in [0.5, 0.6) is 0 Å². The van der Waals surface area contributed by atoms with Crippen molar-refractivity contribution in [2.24, 2.45) is 0 Å². The summed E-state index contributed by atoms with van der Waals surface area (Å²) in [7, 11) is 0. The number of nitrogens with zero attached hydrogens (tertiary/aromatic N) is 4. The predicted octanol–water partition coefficient (Wildman–Crippen LogP) is 3.77. The number of carbonyl (C=O) groups is 1. The average molecular weight is 385 g/mol. The molecule has 0 bridgehead atoms. The maximum absolute atomic E-state index is 12.7. The van der Waals surface area contributed by atoms with Crippen molar-refractivity contribution in [3.63, 3.8) is 0 Å². The highest BCUT2D eigenvalue weighted by molar-refractivity contribution is 7.20. The van der Waals surface area contributed by atoms with Crippen molar-refractivity contribution in [2.45, 2.75) is 53.9 Å². The van der Waals surface area contributed by atoms with Crippen molar-refractivity contribution in [2.75, 3.05) is 5.43 Å². The number of thiophene rings is 1. The number of amides is 1. The third-order valence-electron chi connectivity index (χ3n) is 4.12. The van der Waals surface area contributed by atoms with E-state index in [2.05, 4.69) is 46.6 Å². The molecule has 142 valence electrons. The summed E-state index contributed by atoms with van der Waals surface area (Å²) in [4.78, 5) is 32.0. The lowest BCUT2D eigenvalue weighted by molar-refractivity contribution is 0.0966. The van der Waals surface area contributed by atoms with E-state index in [0.29, 0.717) is 10.8 Å². The fourth-order valence-corrected chi connectivity index (χ4v) is 3.97. The molecule has 0 aliphatic carbocycles. The van der Waals surface area contributed by atoms with E-state index >= 15 is 0 Å². The largest absolute Gasteiger partial charge is 0.280 e. The van der Waals surface area contributed by atoms with Gasteiger partial charge < -0.3 is 0 Å². The van der Waals surface area contributed by atoms with Gasteiger partial charge in [-0.25, -0.2) is 19.9 Å². The van der Waals surface area contributed by atoms with Gasteiger partial charge in [-0.3, -0.25) is 15.6 Å². The number of aromatic nitrogens is 4. The molecule has 3 rings (SSSR count). The second kappa shape index (κ2) is 6.84. The van der Waals surface area contributed by atoms with Crippen LogP contribution in [0.3, 0.4) is 0 Å². The minimum absolute atomic E-state index is 0.152. The summed E-state index contributed by atoms with van der Waals surface area (Å²) in [5.41, 5.74) is 8.77. The van der Waals surface area contributed by atoms with Gasteiger partial charge in [0, 0.05) is 22.2 Å². The third kappa shape index (κ3) is 3.90. The number of hydrogen-bond donors (Lipinski definition) is 2. The molecule has 1 amide bonds. The van der Waals surface area contributed by atoms with Crippen LogP contribution in [0.15, 0.2) is 6.07 Å². The van der Waals surface area contributed by atoms with E-state index in [4.69, 9.17) is 4.98 Å². The Bertz CT molecular complexity index is 1010. The Morgan fingerprint density at radius 3 is 2.22 bits per heavy atom. The topological polar surface area (TPSA) is 92.7 Å². The Kier molecular flexibility index (Phi) is 4.86. The monoisotopic (exact) mass is 384 g/mol. The van der Waals surface area contributed by atoms with Gasteiger partial charge in [0.25, 0.3) is 5.91 Å². The Labute approximate surface area is 162 Å². The van der Waals surface area contributed by atoms with E-state index in [0.717, 1.165) is 38.7 Å². The number of fused-ring (bicyclic) bond motifs is 1. The summed E-state index contributed by atoms with van der Waals surface area (Å²) >= 11 is 1.37. The van der Waals surface area contributed by atoms with E-state index in [1.807, 2.05) is 33.8 Å². The van der Waals surface area contributed by atoms with Crippen molar-refractivity contribution in [1.29, 1.82) is 0 Å². The number of rotatable bonds is 3. The molecule has 27 heavy (non-hydrogen) atoms. The SMILES string of the molecule is Cc1cc(C)nc(NNC(=O)c2sc3nc(C(C)(C)C)nc(C)c3c2C)n1. The quantitative estimate of drug-likeness (QED) is 0.668. The van der Waals surface area contributed by atoms with Gasteiger partial charge in [-0.1, -0.05) is 20.8 Å². The van der Waals surface area contributed by atoms with Crippen LogP contribution < -0.4 is 10.9 Å². The summed E-state index contributed by atoms with van der Waals surface area (Å²) in [6, 6.07) is 1.87. The van der Waals surface area contributed by atoms with Crippen LogP contribution in [0.2, 0.25) is 0 Å². The van der Waals surface area contributed by atoms with Crippen LogP contribution in [-0.4, -0.2) is 25.8 Å². The van der Waals surface area contributed by atoms with E-state index in [1.165, 1.54) is 11.3 Å². The van der Waals surface area contributed by atoms with Crippen molar-refractivity contribution in [3.8, 4) is 0 Å². The molecule has 0 radical (unpaired) electrons. The lowest BCUT2D eigenvalue weighted by Gasteiger charge is -2.16. The molecule has 0 unspecified atom stereocenters. The number of anilines is 1. The maximum Gasteiger partial charge on any atom is 0.280 e.